The second-order valence-electron chi connectivity index (χ2n) is 10.8. The highest BCUT2D eigenvalue weighted by Gasteiger charge is 2.44. The number of halogens is 7. The highest BCUT2D eigenvalue weighted by molar-refractivity contribution is 5.52. The zero-order valence-corrected chi connectivity index (χ0v) is 23.8. The molecule has 3 aromatic rings. The van der Waals surface area contributed by atoms with Gasteiger partial charge in [0.25, 0.3) is 0 Å². The van der Waals surface area contributed by atoms with Crippen molar-refractivity contribution in [1.29, 1.82) is 0 Å². The Morgan fingerprint density at radius 2 is 1.45 bits per heavy atom. The first-order chi connectivity index (χ1) is 20.9. The monoisotopic (exact) mass is 629 g/mol. The second kappa shape index (κ2) is 14.9. The van der Waals surface area contributed by atoms with E-state index in [0.717, 1.165) is 23.4 Å². The molecule has 0 saturated heterocycles. The van der Waals surface area contributed by atoms with Gasteiger partial charge in [-0.2, -0.15) is 30.7 Å². The number of anilines is 1. The third-order valence-electron chi connectivity index (χ3n) is 7.27. The average molecular weight is 630 g/mol. The van der Waals surface area contributed by atoms with E-state index >= 15 is 0 Å². The summed E-state index contributed by atoms with van der Waals surface area (Å²) in [4.78, 5) is 1.17. The molecule has 240 valence electrons. The molecule has 4 rings (SSSR count). The van der Waals surface area contributed by atoms with Gasteiger partial charge in [0, 0.05) is 18.3 Å². The molecular weight excluding hydrogens is 595 g/mol. The summed E-state index contributed by atoms with van der Waals surface area (Å²) in [6.07, 6.45) is -10.4. The van der Waals surface area contributed by atoms with Crippen LogP contribution in [0.4, 0.5) is 36.4 Å². The average Bonchev–Trinajstić information content (AvgIpc) is 2.99. The number of nitrogens with zero attached hydrogens (tertiary/aromatic N) is 1. The van der Waals surface area contributed by atoms with Gasteiger partial charge in [0.1, 0.15) is 23.9 Å². The molecule has 0 radical (unpaired) electrons. The Hall–Kier alpha value is -3.67. The molecule has 0 aromatic heterocycles. The molecule has 1 N–H and O–H groups in total. The fourth-order valence-electron chi connectivity index (χ4n) is 4.89. The van der Waals surface area contributed by atoms with Crippen molar-refractivity contribution in [3.05, 3.63) is 83.9 Å². The van der Waals surface area contributed by atoms with E-state index in [-0.39, 0.29) is 24.4 Å². The van der Waals surface area contributed by atoms with Gasteiger partial charge < -0.3 is 24.2 Å². The van der Waals surface area contributed by atoms with Gasteiger partial charge in [-0.3, -0.25) is 0 Å². The molecule has 1 aliphatic carbocycles. The predicted molar refractivity (Wildman–Crippen MR) is 150 cm³/mol. The topological polar surface area (TPSA) is 51.2 Å². The normalized spacial score (nSPS) is 15.2. The molecule has 1 unspecified atom stereocenters. The van der Waals surface area contributed by atoms with Crippen molar-refractivity contribution in [2.24, 2.45) is 5.92 Å². The largest absolute Gasteiger partial charge is 0.493 e. The lowest BCUT2D eigenvalue weighted by Gasteiger charge is -2.29. The molecule has 0 spiro atoms. The van der Waals surface area contributed by atoms with Crippen LogP contribution in [0.3, 0.4) is 0 Å². The van der Waals surface area contributed by atoms with Crippen LogP contribution in [0.1, 0.15) is 43.2 Å². The van der Waals surface area contributed by atoms with Crippen LogP contribution < -0.4 is 19.1 Å². The Balaban J connectivity index is 1.43. The van der Waals surface area contributed by atoms with Crippen LogP contribution >= 0.6 is 0 Å². The zero-order chi connectivity index (χ0) is 31.7. The minimum Gasteiger partial charge on any atom is -0.493 e. The maximum Gasteiger partial charge on any atom is 0.461 e. The van der Waals surface area contributed by atoms with Gasteiger partial charge in [-0.15, -0.1) is 0 Å². The number of benzene rings is 3. The van der Waals surface area contributed by atoms with Crippen LogP contribution in [0.15, 0.2) is 72.8 Å². The molecule has 5 nitrogen and oxygen atoms in total. The van der Waals surface area contributed by atoms with Crippen LogP contribution in [0.5, 0.6) is 17.2 Å². The van der Waals surface area contributed by atoms with Crippen molar-refractivity contribution in [1.82, 2.24) is 0 Å². The van der Waals surface area contributed by atoms with Crippen LogP contribution in [0.25, 0.3) is 0 Å². The van der Waals surface area contributed by atoms with Crippen LogP contribution in [-0.2, 0) is 13.2 Å². The molecule has 12 heteroatoms. The Kier molecular flexibility index (Phi) is 11.2. The van der Waals surface area contributed by atoms with Crippen molar-refractivity contribution in [3.8, 4) is 17.2 Å². The number of alkyl halides is 7. The fourth-order valence-corrected chi connectivity index (χ4v) is 4.89. The quantitative estimate of drug-likeness (QED) is 0.182. The van der Waals surface area contributed by atoms with Crippen molar-refractivity contribution in [3.63, 3.8) is 0 Å². The molecule has 44 heavy (non-hydrogen) atoms. The lowest BCUT2D eigenvalue weighted by molar-refractivity contribution is -0.253. The summed E-state index contributed by atoms with van der Waals surface area (Å²) in [5.41, 5.74) is 1.25. The minimum atomic E-state index is -4.93. The van der Waals surface area contributed by atoms with Gasteiger partial charge >= 0.3 is 18.7 Å². The fraction of sp³-hybridized carbons (Fsp3) is 0.438. The Morgan fingerprint density at radius 1 is 0.773 bits per heavy atom. The summed E-state index contributed by atoms with van der Waals surface area (Å²) < 4.78 is 108. The standard InChI is InChI=1S/C32H34F7NO4/c33-30(34)32(38,39)44-28-11-4-8-24(16-28)18-40(19-29(41)31(35,36)37)25-9-5-10-27(17-25)43-21-23-12-14-26(15-13-23)42-20-22-6-2-1-3-7-22/h4-5,8-17,22,29-30,41H,1-3,6-7,18-21H2. The third kappa shape index (κ3) is 9.93. The van der Waals surface area contributed by atoms with Gasteiger partial charge in [-0.25, -0.2) is 0 Å². The highest BCUT2D eigenvalue weighted by Crippen LogP contribution is 2.31. The van der Waals surface area contributed by atoms with Crippen molar-refractivity contribution in [2.45, 2.75) is 70.1 Å². The maximum atomic E-state index is 13.4. The zero-order valence-electron chi connectivity index (χ0n) is 23.8. The first kappa shape index (κ1) is 33.2. The summed E-state index contributed by atoms with van der Waals surface area (Å²) in [5.74, 6) is 1.07. The molecule has 1 fully saturated rings. The van der Waals surface area contributed by atoms with E-state index in [1.807, 2.05) is 24.3 Å². The van der Waals surface area contributed by atoms with Crippen LogP contribution in [-0.4, -0.2) is 43.1 Å². The van der Waals surface area contributed by atoms with E-state index in [2.05, 4.69) is 4.74 Å². The summed E-state index contributed by atoms with van der Waals surface area (Å²) in [6.45, 7) is -0.346. The van der Waals surface area contributed by atoms with E-state index in [4.69, 9.17) is 9.47 Å². The minimum absolute atomic E-state index is 0.162. The molecule has 1 aliphatic rings. The summed E-state index contributed by atoms with van der Waals surface area (Å²) in [7, 11) is 0. The summed E-state index contributed by atoms with van der Waals surface area (Å²) in [6, 6.07) is 18.3. The van der Waals surface area contributed by atoms with Crippen molar-refractivity contribution in [2.75, 3.05) is 18.1 Å². The maximum absolute atomic E-state index is 13.4. The van der Waals surface area contributed by atoms with E-state index in [1.165, 1.54) is 61.3 Å². The molecule has 0 bridgehead atoms. The second-order valence-corrected chi connectivity index (χ2v) is 10.8. The van der Waals surface area contributed by atoms with E-state index in [0.29, 0.717) is 18.3 Å². The number of ether oxygens (including phenoxy) is 3. The first-order valence-corrected chi connectivity index (χ1v) is 14.3. The van der Waals surface area contributed by atoms with E-state index in [1.54, 1.807) is 12.1 Å². The number of aliphatic hydroxyl groups excluding tert-OH is 1. The molecule has 3 aromatic carbocycles. The van der Waals surface area contributed by atoms with Gasteiger partial charge in [-0.05, 0) is 66.3 Å². The molecule has 0 aliphatic heterocycles. The molecule has 0 heterocycles. The van der Waals surface area contributed by atoms with Crippen molar-refractivity contribution >= 4 is 5.69 Å². The number of rotatable bonds is 14. The molecule has 1 atom stereocenters. The lowest BCUT2D eigenvalue weighted by atomic mass is 9.90. The molecule has 1 saturated carbocycles. The number of hydrogen-bond acceptors (Lipinski definition) is 5. The molecular formula is C32H34F7NO4. The SMILES string of the molecule is OC(CN(Cc1cccc(OC(F)(F)C(F)F)c1)c1cccc(OCc2ccc(OCC3CCCCC3)cc2)c1)C(F)(F)F. The van der Waals surface area contributed by atoms with Crippen LogP contribution in [0, 0.1) is 5.92 Å². The summed E-state index contributed by atoms with van der Waals surface area (Å²) in [5, 5.41) is 9.80. The Bertz CT molecular complexity index is 1310. The van der Waals surface area contributed by atoms with Gasteiger partial charge in [0.05, 0.1) is 13.2 Å². The third-order valence-corrected chi connectivity index (χ3v) is 7.27. The van der Waals surface area contributed by atoms with E-state index < -0.39 is 37.1 Å². The first-order valence-electron chi connectivity index (χ1n) is 14.3. The Morgan fingerprint density at radius 3 is 2.14 bits per heavy atom. The highest BCUT2D eigenvalue weighted by atomic mass is 19.4. The van der Waals surface area contributed by atoms with E-state index in [9.17, 15) is 35.8 Å². The predicted octanol–water partition coefficient (Wildman–Crippen LogP) is 8.39. The summed E-state index contributed by atoms with van der Waals surface area (Å²) >= 11 is 0. The number of aliphatic hydroxyl groups is 1. The Labute approximate surface area is 251 Å². The number of hydrogen-bond donors (Lipinski definition) is 1. The van der Waals surface area contributed by atoms with Crippen molar-refractivity contribution < 1.29 is 50.1 Å². The smallest absolute Gasteiger partial charge is 0.461 e. The van der Waals surface area contributed by atoms with Crippen LogP contribution in [0.2, 0.25) is 0 Å². The lowest BCUT2D eigenvalue weighted by Crippen LogP contribution is -2.40. The molecule has 0 amide bonds. The van der Waals surface area contributed by atoms with Gasteiger partial charge in [0.2, 0.25) is 0 Å². The van der Waals surface area contributed by atoms with Gasteiger partial charge in [-0.1, -0.05) is 49.6 Å². The van der Waals surface area contributed by atoms with Gasteiger partial charge in [0.15, 0.2) is 6.10 Å².